The monoisotopic (exact) mass is 243 g/mol. The van der Waals surface area contributed by atoms with Crippen LogP contribution in [0.25, 0.3) is 0 Å². The number of hydrogen-bond acceptors (Lipinski definition) is 3. The van der Waals surface area contributed by atoms with Crippen LogP contribution in [0.1, 0.15) is 31.2 Å². The Kier molecular flexibility index (Phi) is 3.95. The van der Waals surface area contributed by atoms with Gasteiger partial charge in [-0.2, -0.15) is 0 Å². The van der Waals surface area contributed by atoms with Crippen molar-refractivity contribution in [1.29, 1.82) is 0 Å². The zero-order valence-corrected chi connectivity index (χ0v) is 10.6. The van der Waals surface area contributed by atoms with E-state index in [1.54, 1.807) is 12.3 Å². The second kappa shape index (κ2) is 5.65. The molecule has 0 bridgehead atoms. The third kappa shape index (κ3) is 3.08. The number of aliphatic hydroxyl groups excluding tert-OH is 1. The highest BCUT2D eigenvalue weighted by molar-refractivity contribution is 5.33. The molecule has 0 saturated heterocycles. The van der Waals surface area contributed by atoms with Gasteiger partial charge < -0.3 is 9.84 Å². The van der Waals surface area contributed by atoms with E-state index < -0.39 is 6.10 Å². The summed E-state index contributed by atoms with van der Waals surface area (Å²) in [6.07, 6.45) is 1.07. The van der Waals surface area contributed by atoms with E-state index in [1.165, 1.54) is 0 Å². The Morgan fingerprint density at radius 2 is 1.94 bits per heavy atom. The van der Waals surface area contributed by atoms with Gasteiger partial charge in [-0.05, 0) is 43.7 Å². The van der Waals surface area contributed by atoms with Gasteiger partial charge in [0, 0.05) is 6.20 Å². The molecule has 0 fully saturated rings. The lowest BCUT2D eigenvalue weighted by Gasteiger charge is -2.14. The SMILES string of the molecule is CC(C)Oc1cccc(C(O)c2ccccn2)c1. The first-order valence-corrected chi connectivity index (χ1v) is 6.02. The summed E-state index contributed by atoms with van der Waals surface area (Å²) in [4.78, 5) is 4.15. The summed E-state index contributed by atoms with van der Waals surface area (Å²) in [5.74, 6) is 0.762. The van der Waals surface area contributed by atoms with Gasteiger partial charge in [0.15, 0.2) is 0 Å². The molecule has 0 spiro atoms. The molecule has 3 heteroatoms. The Bertz CT molecular complexity index is 497. The number of rotatable bonds is 4. The van der Waals surface area contributed by atoms with Crippen LogP contribution < -0.4 is 4.74 Å². The highest BCUT2D eigenvalue weighted by Gasteiger charge is 2.12. The fourth-order valence-corrected chi connectivity index (χ4v) is 1.74. The van der Waals surface area contributed by atoms with Gasteiger partial charge in [0.1, 0.15) is 11.9 Å². The lowest BCUT2D eigenvalue weighted by Crippen LogP contribution is -2.07. The standard InChI is InChI=1S/C15H17NO2/c1-11(2)18-13-7-5-6-12(10-13)15(17)14-8-3-4-9-16-14/h3-11,15,17H,1-2H3. The fraction of sp³-hybridized carbons (Fsp3) is 0.267. The maximum Gasteiger partial charge on any atom is 0.121 e. The van der Waals surface area contributed by atoms with E-state index in [-0.39, 0.29) is 6.10 Å². The van der Waals surface area contributed by atoms with Crippen molar-refractivity contribution < 1.29 is 9.84 Å². The smallest absolute Gasteiger partial charge is 0.121 e. The molecule has 0 aliphatic rings. The Hall–Kier alpha value is -1.87. The van der Waals surface area contributed by atoms with Gasteiger partial charge in [0.25, 0.3) is 0 Å². The van der Waals surface area contributed by atoms with Gasteiger partial charge in [0.2, 0.25) is 0 Å². The molecule has 0 aliphatic carbocycles. The third-order valence-electron chi connectivity index (χ3n) is 2.51. The van der Waals surface area contributed by atoms with Crippen LogP contribution in [0.3, 0.4) is 0 Å². The van der Waals surface area contributed by atoms with E-state index in [0.29, 0.717) is 5.69 Å². The van der Waals surface area contributed by atoms with Crippen LogP contribution in [0.4, 0.5) is 0 Å². The number of aromatic nitrogens is 1. The molecule has 1 atom stereocenters. The van der Waals surface area contributed by atoms with E-state index in [0.717, 1.165) is 11.3 Å². The first-order valence-electron chi connectivity index (χ1n) is 6.02. The molecule has 2 aromatic rings. The van der Waals surface area contributed by atoms with E-state index >= 15 is 0 Å². The Morgan fingerprint density at radius 1 is 1.11 bits per heavy atom. The lowest BCUT2D eigenvalue weighted by molar-refractivity contribution is 0.212. The second-order valence-corrected chi connectivity index (χ2v) is 4.40. The van der Waals surface area contributed by atoms with Crippen molar-refractivity contribution in [1.82, 2.24) is 4.98 Å². The zero-order chi connectivity index (χ0) is 13.0. The molecule has 0 radical (unpaired) electrons. The predicted molar refractivity (Wildman–Crippen MR) is 70.5 cm³/mol. The summed E-state index contributed by atoms with van der Waals surface area (Å²) in [6, 6.07) is 13.0. The van der Waals surface area contributed by atoms with Gasteiger partial charge in [-0.3, -0.25) is 4.98 Å². The van der Waals surface area contributed by atoms with Crippen molar-refractivity contribution in [2.45, 2.75) is 26.1 Å². The summed E-state index contributed by atoms with van der Waals surface area (Å²) in [7, 11) is 0. The summed E-state index contributed by atoms with van der Waals surface area (Å²) < 4.78 is 5.61. The van der Waals surface area contributed by atoms with Gasteiger partial charge in [-0.15, -0.1) is 0 Å². The number of nitrogens with zero attached hydrogens (tertiary/aromatic N) is 1. The summed E-state index contributed by atoms with van der Waals surface area (Å²) in [6.45, 7) is 3.95. The molecular weight excluding hydrogens is 226 g/mol. The minimum absolute atomic E-state index is 0.118. The summed E-state index contributed by atoms with van der Waals surface area (Å²) in [5, 5.41) is 10.2. The van der Waals surface area contributed by atoms with Crippen molar-refractivity contribution in [3.63, 3.8) is 0 Å². The quantitative estimate of drug-likeness (QED) is 0.897. The van der Waals surface area contributed by atoms with Crippen molar-refractivity contribution >= 4 is 0 Å². The normalized spacial score (nSPS) is 12.4. The Balaban J connectivity index is 2.23. The Labute approximate surface area is 107 Å². The van der Waals surface area contributed by atoms with Crippen molar-refractivity contribution in [2.75, 3.05) is 0 Å². The average molecular weight is 243 g/mol. The molecule has 1 aromatic heterocycles. The largest absolute Gasteiger partial charge is 0.491 e. The van der Waals surface area contributed by atoms with Crippen LogP contribution in [0.5, 0.6) is 5.75 Å². The van der Waals surface area contributed by atoms with Crippen LogP contribution in [-0.2, 0) is 0 Å². The van der Waals surface area contributed by atoms with E-state index in [2.05, 4.69) is 4.98 Å². The van der Waals surface area contributed by atoms with Crippen LogP contribution in [-0.4, -0.2) is 16.2 Å². The molecule has 0 amide bonds. The maximum atomic E-state index is 10.2. The molecule has 0 saturated carbocycles. The minimum Gasteiger partial charge on any atom is -0.491 e. The van der Waals surface area contributed by atoms with E-state index in [1.807, 2.05) is 50.2 Å². The predicted octanol–water partition coefficient (Wildman–Crippen LogP) is 2.95. The van der Waals surface area contributed by atoms with Crippen molar-refractivity contribution in [3.8, 4) is 5.75 Å². The first-order chi connectivity index (χ1) is 8.66. The summed E-state index contributed by atoms with van der Waals surface area (Å²) >= 11 is 0. The molecule has 3 nitrogen and oxygen atoms in total. The first kappa shape index (κ1) is 12.6. The highest BCUT2D eigenvalue weighted by Crippen LogP contribution is 2.24. The topological polar surface area (TPSA) is 42.4 Å². The minimum atomic E-state index is -0.720. The zero-order valence-electron chi connectivity index (χ0n) is 10.6. The highest BCUT2D eigenvalue weighted by atomic mass is 16.5. The van der Waals surface area contributed by atoms with Crippen LogP contribution >= 0.6 is 0 Å². The fourth-order valence-electron chi connectivity index (χ4n) is 1.74. The van der Waals surface area contributed by atoms with E-state index in [9.17, 15) is 5.11 Å². The summed E-state index contributed by atoms with van der Waals surface area (Å²) in [5.41, 5.74) is 1.42. The molecule has 0 aliphatic heterocycles. The molecule has 18 heavy (non-hydrogen) atoms. The van der Waals surface area contributed by atoms with Crippen LogP contribution in [0, 0.1) is 0 Å². The van der Waals surface area contributed by atoms with Crippen molar-refractivity contribution in [2.24, 2.45) is 0 Å². The third-order valence-corrected chi connectivity index (χ3v) is 2.51. The molecule has 1 heterocycles. The lowest BCUT2D eigenvalue weighted by atomic mass is 10.1. The van der Waals surface area contributed by atoms with Gasteiger partial charge in [-0.1, -0.05) is 18.2 Å². The number of pyridine rings is 1. The molecule has 94 valence electrons. The number of benzene rings is 1. The van der Waals surface area contributed by atoms with Gasteiger partial charge in [-0.25, -0.2) is 0 Å². The Morgan fingerprint density at radius 3 is 2.61 bits per heavy atom. The van der Waals surface area contributed by atoms with Gasteiger partial charge in [0.05, 0.1) is 11.8 Å². The van der Waals surface area contributed by atoms with E-state index in [4.69, 9.17) is 4.74 Å². The number of ether oxygens (including phenoxy) is 1. The number of aliphatic hydroxyl groups is 1. The van der Waals surface area contributed by atoms with Gasteiger partial charge >= 0.3 is 0 Å². The maximum absolute atomic E-state index is 10.2. The molecule has 1 aromatic carbocycles. The number of hydrogen-bond donors (Lipinski definition) is 1. The molecule has 1 N–H and O–H groups in total. The van der Waals surface area contributed by atoms with Crippen molar-refractivity contribution in [3.05, 3.63) is 59.9 Å². The average Bonchev–Trinajstić information content (AvgIpc) is 2.38. The molecular formula is C15H17NO2. The molecule has 1 unspecified atom stereocenters. The van der Waals surface area contributed by atoms with Crippen LogP contribution in [0.15, 0.2) is 48.7 Å². The second-order valence-electron chi connectivity index (χ2n) is 4.40. The van der Waals surface area contributed by atoms with Crippen LogP contribution in [0.2, 0.25) is 0 Å². The molecule has 2 rings (SSSR count).